The first kappa shape index (κ1) is 11.5. The second-order valence-electron chi connectivity index (χ2n) is 7.60. The van der Waals surface area contributed by atoms with Crippen LogP contribution in [0.5, 0.6) is 0 Å². The van der Waals surface area contributed by atoms with Gasteiger partial charge in [0.05, 0.1) is 23.3 Å². The van der Waals surface area contributed by atoms with Gasteiger partial charge in [-0.3, -0.25) is 9.48 Å². The largest absolute Gasteiger partial charge is 0.304 e. The first-order valence-electron chi connectivity index (χ1n) is 8.05. The van der Waals surface area contributed by atoms with E-state index in [9.17, 15) is 4.79 Å². The molecule has 1 N–H and O–H groups in total. The van der Waals surface area contributed by atoms with Gasteiger partial charge in [0.1, 0.15) is 0 Å². The number of fused-ring (bicyclic) bond motifs is 1. The van der Waals surface area contributed by atoms with Crippen LogP contribution in [-0.2, 0) is 12.1 Å². The fourth-order valence-electron chi connectivity index (χ4n) is 5.75. The van der Waals surface area contributed by atoms with Crippen LogP contribution in [0.25, 0.3) is 0 Å². The summed E-state index contributed by atoms with van der Waals surface area (Å²) >= 11 is 0. The Hall–Kier alpha value is -1.16. The molecular weight excluding hydrogens is 250 g/mol. The first-order valence-corrected chi connectivity index (χ1v) is 8.05. The van der Waals surface area contributed by atoms with Crippen molar-refractivity contribution in [1.82, 2.24) is 15.1 Å². The molecular formula is C16H21N3O. The van der Waals surface area contributed by atoms with Gasteiger partial charge >= 0.3 is 0 Å². The Morgan fingerprint density at radius 1 is 1.10 bits per heavy atom. The summed E-state index contributed by atoms with van der Waals surface area (Å²) in [7, 11) is 0. The standard InChI is InChI=1S/C16H21N3O/c20-15-8-17-7-14-13(15)9-19(18-14)16-4-10-1-11(5-16)3-12(2-10)6-16/h9-12,17H,1-8H2. The quantitative estimate of drug-likeness (QED) is 0.851. The summed E-state index contributed by atoms with van der Waals surface area (Å²) in [5.41, 5.74) is 2.09. The molecule has 4 saturated carbocycles. The van der Waals surface area contributed by atoms with Gasteiger partial charge in [-0.1, -0.05) is 0 Å². The van der Waals surface area contributed by atoms with Crippen molar-refractivity contribution in [2.45, 2.75) is 50.6 Å². The smallest absolute Gasteiger partial charge is 0.180 e. The lowest BCUT2D eigenvalue weighted by Gasteiger charge is -2.56. The lowest BCUT2D eigenvalue weighted by Crippen LogP contribution is -2.52. The van der Waals surface area contributed by atoms with Crippen LogP contribution in [0.1, 0.15) is 54.6 Å². The highest BCUT2D eigenvalue weighted by Crippen LogP contribution is 2.58. The normalized spacial score (nSPS) is 42.0. The van der Waals surface area contributed by atoms with Crippen LogP contribution in [0.15, 0.2) is 6.20 Å². The molecule has 20 heavy (non-hydrogen) atoms. The van der Waals surface area contributed by atoms with Gasteiger partial charge in [-0.25, -0.2) is 0 Å². The van der Waals surface area contributed by atoms with E-state index in [0.29, 0.717) is 6.54 Å². The van der Waals surface area contributed by atoms with E-state index in [-0.39, 0.29) is 11.3 Å². The summed E-state index contributed by atoms with van der Waals surface area (Å²) in [5.74, 6) is 2.95. The van der Waals surface area contributed by atoms with Crippen molar-refractivity contribution in [2.75, 3.05) is 6.54 Å². The number of nitrogens with one attached hydrogen (secondary N) is 1. The van der Waals surface area contributed by atoms with E-state index in [2.05, 4.69) is 16.2 Å². The van der Waals surface area contributed by atoms with Crippen molar-refractivity contribution >= 4 is 5.78 Å². The third-order valence-corrected chi connectivity index (χ3v) is 6.16. The van der Waals surface area contributed by atoms with E-state index in [1.54, 1.807) is 0 Å². The van der Waals surface area contributed by atoms with Crippen LogP contribution in [-0.4, -0.2) is 22.1 Å². The average Bonchev–Trinajstić information content (AvgIpc) is 2.83. The fraction of sp³-hybridized carbons (Fsp3) is 0.750. The molecule has 1 aromatic rings. The zero-order valence-electron chi connectivity index (χ0n) is 11.8. The molecule has 0 aromatic carbocycles. The molecule has 4 bridgehead atoms. The van der Waals surface area contributed by atoms with Crippen LogP contribution in [0.2, 0.25) is 0 Å². The van der Waals surface area contributed by atoms with Gasteiger partial charge in [0.15, 0.2) is 5.78 Å². The summed E-state index contributed by atoms with van der Waals surface area (Å²) < 4.78 is 2.22. The van der Waals surface area contributed by atoms with Gasteiger partial charge in [-0.2, -0.15) is 5.10 Å². The lowest BCUT2D eigenvalue weighted by atomic mass is 9.53. The van der Waals surface area contributed by atoms with Crippen LogP contribution in [0, 0.1) is 17.8 Å². The van der Waals surface area contributed by atoms with Crippen LogP contribution in [0.3, 0.4) is 0 Å². The summed E-state index contributed by atoms with van der Waals surface area (Å²) in [6.07, 6.45) is 10.3. The van der Waals surface area contributed by atoms with Crippen LogP contribution in [0.4, 0.5) is 0 Å². The number of ketones is 1. The first-order chi connectivity index (χ1) is 9.72. The van der Waals surface area contributed by atoms with Crippen LogP contribution < -0.4 is 5.32 Å². The predicted molar refractivity (Wildman–Crippen MR) is 74.4 cm³/mol. The highest BCUT2D eigenvalue weighted by Gasteiger charge is 2.52. The van der Waals surface area contributed by atoms with E-state index in [1.165, 1.54) is 38.5 Å². The number of hydrogen-bond acceptors (Lipinski definition) is 3. The molecule has 1 aromatic heterocycles. The minimum absolute atomic E-state index is 0.210. The second kappa shape index (κ2) is 3.73. The van der Waals surface area contributed by atoms with Crippen molar-refractivity contribution in [3.63, 3.8) is 0 Å². The number of aromatic nitrogens is 2. The molecule has 1 aliphatic heterocycles. The van der Waals surface area contributed by atoms with E-state index < -0.39 is 0 Å². The van der Waals surface area contributed by atoms with Crippen molar-refractivity contribution in [3.8, 4) is 0 Å². The summed E-state index contributed by atoms with van der Waals surface area (Å²) in [6.45, 7) is 1.22. The molecule has 4 aliphatic carbocycles. The lowest BCUT2D eigenvalue weighted by molar-refractivity contribution is -0.0495. The number of hydrogen-bond donors (Lipinski definition) is 1. The van der Waals surface area contributed by atoms with Gasteiger partial charge in [0, 0.05) is 12.7 Å². The third kappa shape index (κ3) is 1.46. The highest BCUT2D eigenvalue weighted by molar-refractivity contribution is 5.99. The van der Waals surface area contributed by atoms with Gasteiger partial charge in [-0.05, 0) is 56.3 Å². The van der Waals surface area contributed by atoms with Crippen molar-refractivity contribution < 1.29 is 4.79 Å². The molecule has 4 nitrogen and oxygen atoms in total. The average molecular weight is 271 g/mol. The molecule has 6 rings (SSSR count). The number of rotatable bonds is 1. The molecule has 5 aliphatic rings. The van der Waals surface area contributed by atoms with Crippen molar-refractivity contribution in [2.24, 2.45) is 17.8 Å². The van der Waals surface area contributed by atoms with Crippen LogP contribution >= 0.6 is 0 Å². The van der Waals surface area contributed by atoms with Gasteiger partial charge in [0.25, 0.3) is 0 Å². The number of Topliss-reactive ketones (excluding diaryl/α,β-unsaturated/α-hetero) is 1. The number of carbonyl (C=O) groups excluding carboxylic acids is 1. The number of nitrogens with zero attached hydrogens (tertiary/aromatic N) is 2. The summed E-state index contributed by atoms with van der Waals surface area (Å²) in [4.78, 5) is 12.0. The maximum absolute atomic E-state index is 12.0. The molecule has 0 amide bonds. The maximum atomic E-state index is 12.0. The topological polar surface area (TPSA) is 46.9 Å². The molecule has 2 heterocycles. The molecule has 106 valence electrons. The second-order valence-corrected chi connectivity index (χ2v) is 7.60. The van der Waals surface area contributed by atoms with Crippen molar-refractivity contribution in [3.05, 3.63) is 17.5 Å². The minimum atomic E-state index is 0.210. The maximum Gasteiger partial charge on any atom is 0.180 e. The fourth-order valence-corrected chi connectivity index (χ4v) is 5.75. The molecule has 0 spiro atoms. The SMILES string of the molecule is O=C1CNCc2nn(C34CC5CC(CC(C5)C3)C4)cc21. The molecule has 0 unspecified atom stereocenters. The monoisotopic (exact) mass is 271 g/mol. The van der Waals surface area contributed by atoms with Gasteiger partial charge < -0.3 is 5.32 Å². The molecule has 4 heteroatoms. The Balaban J connectivity index is 1.58. The molecule has 0 atom stereocenters. The van der Waals surface area contributed by atoms with Gasteiger partial charge in [-0.15, -0.1) is 0 Å². The summed E-state index contributed by atoms with van der Waals surface area (Å²) in [6, 6.07) is 0. The highest BCUT2D eigenvalue weighted by atomic mass is 16.1. The Morgan fingerprint density at radius 2 is 1.75 bits per heavy atom. The third-order valence-electron chi connectivity index (χ3n) is 6.16. The Labute approximate surface area is 118 Å². The Kier molecular flexibility index (Phi) is 2.14. The number of carbonyl (C=O) groups is 1. The Morgan fingerprint density at radius 3 is 2.35 bits per heavy atom. The predicted octanol–water partition coefficient (Wildman–Crippen LogP) is 2.09. The van der Waals surface area contributed by atoms with E-state index in [1.807, 2.05) is 0 Å². The molecule has 4 fully saturated rings. The zero-order valence-corrected chi connectivity index (χ0v) is 11.8. The van der Waals surface area contributed by atoms with Crippen molar-refractivity contribution in [1.29, 1.82) is 0 Å². The van der Waals surface area contributed by atoms with E-state index in [0.717, 1.165) is 35.6 Å². The summed E-state index contributed by atoms with van der Waals surface area (Å²) in [5, 5.41) is 7.98. The van der Waals surface area contributed by atoms with E-state index >= 15 is 0 Å². The van der Waals surface area contributed by atoms with E-state index in [4.69, 9.17) is 5.10 Å². The zero-order chi connectivity index (χ0) is 13.3. The van der Waals surface area contributed by atoms with Gasteiger partial charge in [0.2, 0.25) is 0 Å². The minimum Gasteiger partial charge on any atom is -0.304 e. The molecule has 0 saturated heterocycles. The molecule has 0 radical (unpaired) electrons. The Bertz CT molecular complexity index is 553.